The lowest BCUT2D eigenvalue weighted by Gasteiger charge is -2.22. The van der Waals surface area contributed by atoms with Gasteiger partial charge < -0.3 is 10.8 Å². The van der Waals surface area contributed by atoms with Crippen molar-refractivity contribution in [2.24, 2.45) is 5.92 Å². The Morgan fingerprint density at radius 1 is 1.39 bits per heavy atom. The van der Waals surface area contributed by atoms with E-state index in [4.69, 9.17) is 17.3 Å². The Morgan fingerprint density at radius 2 is 2.11 bits per heavy atom. The second-order valence-electron chi connectivity index (χ2n) is 4.82. The maximum Gasteiger partial charge on any atom is 0.307 e. The highest BCUT2D eigenvalue weighted by molar-refractivity contribution is 6.30. The van der Waals surface area contributed by atoms with Gasteiger partial charge in [-0.1, -0.05) is 30.9 Å². The van der Waals surface area contributed by atoms with Crippen LogP contribution in [-0.2, 0) is 4.79 Å². The molecule has 0 saturated heterocycles. The number of nitrogen functional groups attached to an aromatic ring is 1. The summed E-state index contributed by atoms with van der Waals surface area (Å²) in [5.41, 5.74) is 6.66. The fourth-order valence-corrected chi connectivity index (χ4v) is 2.90. The van der Waals surface area contributed by atoms with Crippen molar-refractivity contribution in [3.63, 3.8) is 0 Å². The van der Waals surface area contributed by atoms with Crippen molar-refractivity contribution >= 4 is 23.4 Å². The standard InChI is InChI=1S/C13H17ClN2O2/c14-8-6-11(12(15)16-7-8)9-4-2-1-3-5-10(9)13(17)18/h6-7,9-10H,1-5H2,(H2,15,16)(H,17,18). The van der Waals surface area contributed by atoms with Crippen molar-refractivity contribution in [1.82, 2.24) is 4.98 Å². The highest BCUT2D eigenvalue weighted by atomic mass is 35.5. The zero-order valence-corrected chi connectivity index (χ0v) is 10.9. The quantitative estimate of drug-likeness (QED) is 0.808. The van der Waals surface area contributed by atoms with E-state index in [1.165, 1.54) is 6.20 Å². The SMILES string of the molecule is Nc1ncc(Cl)cc1C1CCCCCC1C(=O)O. The number of halogens is 1. The van der Waals surface area contributed by atoms with Gasteiger partial charge in [-0.15, -0.1) is 0 Å². The van der Waals surface area contributed by atoms with Gasteiger partial charge in [0, 0.05) is 12.1 Å². The number of aromatic nitrogens is 1. The number of carboxylic acid groups (broad SMARTS) is 1. The molecule has 1 aliphatic rings. The molecular formula is C13H17ClN2O2. The Kier molecular flexibility index (Phi) is 4.07. The Morgan fingerprint density at radius 3 is 2.83 bits per heavy atom. The average molecular weight is 269 g/mol. The summed E-state index contributed by atoms with van der Waals surface area (Å²) in [5, 5.41) is 9.87. The fourth-order valence-electron chi connectivity index (χ4n) is 2.74. The molecule has 1 saturated carbocycles. The number of nitrogens with zero attached hydrogens (tertiary/aromatic N) is 1. The van der Waals surface area contributed by atoms with Gasteiger partial charge in [0.15, 0.2) is 0 Å². The molecule has 0 radical (unpaired) electrons. The fraction of sp³-hybridized carbons (Fsp3) is 0.538. The van der Waals surface area contributed by atoms with Gasteiger partial charge in [-0.05, 0) is 24.5 Å². The van der Waals surface area contributed by atoms with E-state index >= 15 is 0 Å². The highest BCUT2D eigenvalue weighted by Crippen LogP contribution is 2.39. The average Bonchev–Trinajstić information content (AvgIpc) is 2.57. The second kappa shape index (κ2) is 5.57. The molecule has 3 N–H and O–H groups in total. The van der Waals surface area contributed by atoms with Crippen molar-refractivity contribution in [1.29, 1.82) is 0 Å². The van der Waals surface area contributed by atoms with E-state index in [9.17, 15) is 9.90 Å². The Labute approximate surface area is 111 Å². The van der Waals surface area contributed by atoms with Crippen molar-refractivity contribution in [2.75, 3.05) is 5.73 Å². The van der Waals surface area contributed by atoms with Gasteiger partial charge in [-0.2, -0.15) is 0 Å². The molecule has 2 unspecified atom stereocenters. The third kappa shape index (κ3) is 2.75. The lowest BCUT2D eigenvalue weighted by molar-refractivity contribution is -0.142. The zero-order chi connectivity index (χ0) is 13.1. The molecule has 0 aromatic carbocycles. The minimum atomic E-state index is -0.749. The van der Waals surface area contributed by atoms with Gasteiger partial charge in [0.1, 0.15) is 5.82 Å². The molecule has 1 aliphatic carbocycles. The lowest BCUT2D eigenvalue weighted by atomic mass is 9.82. The predicted octanol–water partition coefficient (Wildman–Crippen LogP) is 3.07. The van der Waals surface area contributed by atoms with Crippen molar-refractivity contribution < 1.29 is 9.90 Å². The van der Waals surface area contributed by atoms with Gasteiger partial charge in [-0.25, -0.2) is 4.98 Å². The van der Waals surface area contributed by atoms with E-state index in [2.05, 4.69) is 4.98 Å². The molecule has 0 aliphatic heterocycles. The predicted molar refractivity (Wildman–Crippen MR) is 70.6 cm³/mol. The van der Waals surface area contributed by atoms with Crippen LogP contribution in [0.25, 0.3) is 0 Å². The van der Waals surface area contributed by atoms with Crippen LogP contribution in [0.5, 0.6) is 0 Å². The van der Waals surface area contributed by atoms with E-state index in [1.54, 1.807) is 6.07 Å². The maximum absolute atomic E-state index is 11.4. The number of aliphatic carboxylic acids is 1. The molecule has 1 aromatic rings. The van der Waals surface area contributed by atoms with Crippen LogP contribution in [0.1, 0.15) is 43.6 Å². The first kappa shape index (κ1) is 13.1. The number of rotatable bonds is 2. The van der Waals surface area contributed by atoms with Crippen molar-refractivity contribution in [3.8, 4) is 0 Å². The van der Waals surface area contributed by atoms with Crippen LogP contribution in [-0.4, -0.2) is 16.1 Å². The van der Waals surface area contributed by atoms with Crippen LogP contribution in [0.2, 0.25) is 5.02 Å². The second-order valence-corrected chi connectivity index (χ2v) is 5.25. The van der Waals surface area contributed by atoms with Crippen LogP contribution in [0.4, 0.5) is 5.82 Å². The maximum atomic E-state index is 11.4. The van der Waals surface area contributed by atoms with E-state index < -0.39 is 5.97 Å². The first-order valence-corrected chi connectivity index (χ1v) is 6.61. The van der Waals surface area contributed by atoms with Gasteiger partial charge >= 0.3 is 5.97 Å². The molecule has 0 amide bonds. The Bertz CT molecular complexity index is 451. The summed E-state index contributed by atoms with van der Waals surface area (Å²) in [6.45, 7) is 0. The number of hydrogen-bond donors (Lipinski definition) is 2. The van der Waals surface area contributed by atoms with Crippen LogP contribution in [0, 0.1) is 5.92 Å². The van der Waals surface area contributed by atoms with Crippen molar-refractivity contribution in [3.05, 3.63) is 22.8 Å². The van der Waals surface area contributed by atoms with E-state index in [1.807, 2.05) is 0 Å². The van der Waals surface area contributed by atoms with Gasteiger partial charge in [-0.3, -0.25) is 4.79 Å². The molecular weight excluding hydrogens is 252 g/mol. The van der Waals surface area contributed by atoms with Gasteiger partial charge in [0.2, 0.25) is 0 Å². The first-order chi connectivity index (χ1) is 8.59. The smallest absolute Gasteiger partial charge is 0.307 e. The zero-order valence-electron chi connectivity index (χ0n) is 10.1. The number of nitrogens with two attached hydrogens (primary N) is 1. The van der Waals surface area contributed by atoms with E-state index in [0.29, 0.717) is 17.3 Å². The molecule has 18 heavy (non-hydrogen) atoms. The largest absolute Gasteiger partial charge is 0.481 e. The van der Waals surface area contributed by atoms with Crippen molar-refractivity contribution in [2.45, 2.75) is 38.0 Å². The molecule has 1 heterocycles. The number of carboxylic acids is 1. The molecule has 1 fully saturated rings. The summed E-state index contributed by atoms with van der Waals surface area (Å²) in [6.07, 6.45) is 6.10. The van der Waals surface area contributed by atoms with Gasteiger partial charge in [0.05, 0.1) is 10.9 Å². The Balaban J connectivity index is 2.37. The van der Waals surface area contributed by atoms with Crippen LogP contribution < -0.4 is 5.73 Å². The minimum absolute atomic E-state index is 0.0730. The van der Waals surface area contributed by atoms with E-state index in [-0.39, 0.29) is 11.8 Å². The molecule has 2 rings (SSSR count). The molecule has 5 heteroatoms. The normalized spacial score (nSPS) is 24.5. The summed E-state index contributed by atoms with van der Waals surface area (Å²) in [7, 11) is 0. The molecule has 4 nitrogen and oxygen atoms in total. The lowest BCUT2D eigenvalue weighted by Crippen LogP contribution is -2.22. The summed E-state index contributed by atoms with van der Waals surface area (Å²) >= 11 is 5.94. The third-order valence-electron chi connectivity index (χ3n) is 3.65. The molecule has 0 spiro atoms. The minimum Gasteiger partial charge on any atom is -0.481 e. The number of anilines is 1. The van der Waals surface area contributed by atoms with Crippen LogP contribution in [0.15, 0.2) is 12.3 Å². The molecule has 0 bridgehead atoms. The first-order valence-electron chi connectivity index (χ1n) is 6.23. The number of carbonyl (C=O) groups is 1. The number of hydrogen-bond acceptors (Lipinski definition) is 3. The topological polar surface area (TPSA) is 76.2 Å². The van der Waals surface area contributed by atoms with Crippen LogP contribution in [0.3, 0.4) is 0 Å². The summed E-state index contributed by atoms with van der Waals surface area (Å²) in [6, 6.07) is 1.76. The molecule has 1 aromatic heterocycles. The Hall–Kier alpha value is -1.29. The molecule has 2 atom stereocenters. The molecule has 98 valence electrons. The summed E-state index contributed by atoms with van der Waals surface area (Å²) < 4.78 is 0. The number of pyridine rings is 1. The summed E-state index contributed by atoms with van der Waals surface area (Å²) in [4.78, 5) is 15.4. The summed E-state index contributed by atoms with van der Waals surface area (Å²) in [5.74, 6) is -0.801. The third-order valence-corrected chi connectivity index (χ3v) is 3.86. The van der Waals surface area contributed by atoms with E-state index in [0.717, 1.165) is 31.2 Å². The van der Waals surface area contributed by atoms with Gasteiger partial charge in [0.25, 0.3) is 0 Å². The highest BCUT2D eigenvalue weighted by Gasteiger charge is 2.32. The van der Waals surface area contributed by atoms with Crippen LogP contribution >= 0.6 is 11.6 Å². The monoisotopic (exact) mass is 268 g/mol.